The van der Waals surface area contributed by atoms with Gasteiger partial charge in [-0.3, -0.25) is 14.6 Å². The number of H-pyrrole nitrogens is 1. The smallest absolute Gasteiger partial charge is 0.268 e. The van der Waals surface area contributed by atoms with E-state index < -0.39 is 30.8 Å². The third-order valence-electron chi connectivity index (χ3n) is 4.37. The first kappa shape index (κ1) is 19.2. The second kappa shape index (κ2) is 8.01. The van der Waals surface area contributed by atoms with Gasteiger partial charge in [0.25, 0.3) is 5.92 Å². The van der Waals surface area contributed by atoms with E-state index in [9.17, 15) is 18.4 Å². The van der Waals surface area contributed by atoms with Gasteiger partial charge >= 0.3 is 0 Å². The Balaban J connectivity index is 1.67. The Labute approximate surface area is 160 Å². The van der Waals surface area contributed by atoms with Gasteiger partial charge in [-0.1, -0.05) is 11.8 Å². The predicted octanol–water partition coefficient (Wildman–Crippen LogP) is 2.53. The average Bonchev–Trinajstić information content (AvgIpc) is 3.31. The lowest BCUT2D eigenvalue weighted by Crippen LogP contribution is -2.36. The monoisotopic (exact) mass is 382 g/mol. The summed E-state index contributed by atoms with van der Waals surface area (Å²) in [6.45, 7) is -0.791. The molecule has 1 saturated heterocycles. The van der Waals surface area contributed by atoms with Gasteiger partial charge in [0.15, 0.2) is 5.78 Å². The molecule has 1 amide bonds. The van der Waals surface area contributed by atoms with Crippen LogP contribution in [0.3, 0.4) is 0 Å². The molecule has 0 unspecified atom stereocenters. The number of halogens is 2. The number of nitriles is 1. The molecule has 28 heavy (non-hydrogen) atoms. The third-order valence-corrected chi connectivity index (χ3v) is 4.37. The van der Waals surface area contributed by atoms with Gasteiger partial charge in [0, 0.05) is 55.2 Å². The molecule has 0 aliphatic carbocycles. The van der Waals surface area contributed by atoms with Crippen LogP contribution in [-0.2, 0) is 4.79 Å². The first-order valence-corrected chi connectivity index (χ1v) is 8.58. The minimum Gasteiger partial charge on any atom is -0.367 e. The van der Waals surface area contributed by atoms with Crippen LogP contribution >= 0.6 is 0 Å². The molecule has 0 radical (unpaired) electrons. The Morgan fingerprint density at radius 1 is 1.32 bits per heavy atom. The molecule has 0 saturated carbocycles. The summed E-state index contributed by atoms with van der Waals surface area (Å²) in [7, 11) is 0. The topological polar surface area (TPSA) is 89.8 Å². The highest BCUT2D eigenvalue weighted by molar-refractivity contribution is 6.00. The molecule has 1 aliphatic rings. The zero-order valence-electron chi connectivity index (χ0n) is 14.8. The molecule has 1 fully saturated rings. The highest BCUT2D eigenvalue weighted by atomic mass is 19.3. The number of nitrogens with zero attached hydrogens (tertiary/aromatic N) is 3. The maximum atomic E-state index is 13.5. The number of likely N-dealkylation sites (tertiary alicyclic amines) is 1. The molecular formula is C20H16F2N4O2. The summed E-state index contributed by atoms with van der Waals surface area (Å²) in [6, 6.07) is 3.84. The van der Waals surface area contributed by atoms with E-state index in [-0.39, 0.29) is 18.6 Å². The zero-order valence-corrected chi connectivity index (χ0v) is 14.8. The van der Waals surface area contributed by atoms with Crippen molar-refractivity contribution in [2.45, 2.75) is 31.2 Å². The molecule has 2 aromatic rings. The Morgan fingerprint density at radius 2 is 2.14 bits per heavy atom. The van der Waals surface area contributed by atoms with Crippen LogP contribution in [0.4, 0.5) is 8.78 Å². The Morgan fingerprint density at radius 3 is 2.86 bits per heavy atom. The fraction of sp³-hybridized carbons (Fsp3) is 0.300. The first-order valence-electron chi connectivity index (χ1n) is 8.58. The Bertz CT molecular complexity index is 984. The van der Waals surface area contributed by atoms with Gasteiger partial charge in [0.1, 0.15) is 6.04 Å². The number of hydrogen-bond donors (Lipinski definition) is 1. The second-order valence-electron chi connectivity index (χ2n) is 6.42. The molecule has 1 atom stereocenters. The first-order chi connectivity index (χ1) is 13.4. The molecular weight excluding hydrogens is 366 g/mol. The predicted molar refractivity (Wildman–Crippen MR) is 95.3 cm³/mol. The van der Waals surface area contributed by atoms with Crippen LogP contribution in [0.5, 0.6) is 0 Å². The lowest BCUT2D eigenvalue weighted by Gasteiger charge is -2.18. The van der Waals surface area contributed by atoms with Crippen molar-refractivity contribution >= 4 is 11.7 Å². The van der Waals surface area contributed by atoms with Crippen molar-refractivity contribution in [1.82, 2.24) is 14.9 Å². The van der Waals surface area contributed by atoms with Crippen LogP contribution < -0.4 is 0 Å². The van der Waals surface area contributed by atoms with E-state index >= 15 is 0 Å². The fourth-order valence-corrected chi connectivity index (χ4v) is 2.97. The number of Topliss-reactive ketones (excluding diaryl/α,β-unsaturated/α-hetero) is 1. The molecule has 0 spiro atoms. The number of rotatable bonds is 4. The molecule has 2 aromatic heterocycles. The number of hydrogen-bond acceptors (Lipinski definition) is 4. The van der Waals surface area contributed by atoms with Crippen LogP contribution in [0.2, 0.25) is 0 Å². The molecule has 6 nitrogen and oxygen atoms in total. The lowest BCUT2D eigenvalue weighted by molar-refractivity contribution is -0.132. The summed E-state index contributed by atoms with van der Waals surface area (Å²) >= 11 is 0. The van der Waals surface area contributed by atoms with E-state index in [2.05, 4.69) is 21.8 Å². The minimum atomic E-state index is -3.08. The summed E-state index contributed by atoms with van der Waals surface area (Å²) in [5.41, 5.74) is 1.48. The molecule has 1 N–H and O–H groups in total. The normalized spacial score (nSPS) is 17.5. The van der Waals surface area contributed by atoms with E-state index in [0.29, 0.717) is 11.1 Å². The quantitative estimate of drug-likeness (QED) is 0.650. The van der Waals surface area contributed by atoms with Crippen molar-refractivity contribution in [3.8, 4) is 17.9 Å². The number of aromatic amines is 1. The number of carbonyl (C=O) groups excluding carboxylic acids is 2. The van der Waals surface area contributed by atoms with E-state index in [1.807, 2.05) is 0 Å². The fourth-order valence-electron chi connectivity index (χ4n) is 2.97. The summed E-state index contributed by atoms with van der Waals surface area (Å²) in [5, 5.41) is 8.98. The summed E-state index contributed by atoms with van der Waals surface area (Å²) in [6.07, 6.45) is 5.25. The highest BCUT2D eigenvalue weighted by Crippen LogP contribution is 2.32. The van der Waals surface area contributed by atoms with Crippen LogP contribution in [-0.4, -0.2) is 45.1 Å². The minimum absolute atomic E-state index is 0.165. The molecule has 0 aromatic carbocycles. The van der Waals surface area contributed by atoms with Crippen molar-refractivity contribution in [3.63, 3.8) is 0 Å². The molecule has 142 valence electrons. The van der Waals surface area contributed by atoms with Crippen LogP contribution in [0, 0.1) is 23.2 Å². The number of carbonyl (C=O) groups is 2. The highest BCUT2D eigenvalue weighted by Gasteiger charge is 2.47. The molecule has 3 heterocycles. The SMILES string of the molecule is N#C[C@@H]1CC(F)(F)CN1C(=O)CCC(=O)c1ccncc1C#Cc1cc[nH]c1. The molecule has 0 bridgehead atoms. The summed E-state index contributed by atoms with van der Waals surface area (Å²) in [5.74, 6) is 1.73. The maximum absolute atomic E-state index is 13.5. The van der Waals surface area contributed by atoms with E-state index in [0.717, 1.165) is 10.5 Å². The van der Waals surface area contributed by atoms with Gasteiger partial charge in [-0.25, -0.2) is 8.78 Å². The molecule has 1 aliphatic heterocycles. The number of ketones is 1. The van der Waals surface area contributed by atoms with Crippen molar-refractivity contribution in [3.05, 3.63) is 53.6 Å². The van der Waals surface area contributed by atoms with E-state index in [4.69, 9.17) is 5.26 Å². The summed E-state index contributed by atoms with van der Waals surface area (Å²) in [4.78, 5) is 32.5. The third kappa shape index (κ3) is 4.41. The van der Waals surface area contributed by atoms with Crippen molar-refractivity contribution in [2.75, 3.05) is 6.54 Å². The van der Waals surface area contributed by atoms with Crippen LogP contribution in [0.1, 0.15) is 40.7 Å². The van der Waals surface area contributed by atoms with Crippen molar-refractivity contribution in [2.24, 2.45) is 0 Å². The summed E-state index contributed by atoms with van der Waals surface area (Å²) < 4.78 is 26.9. The number of aromatic nitrogens is 2. The second-order valence-corrected chi connectivity index (χ2v) is 6.42. The van der Waals surface area contributed by atoms with Gasteiger partial charge < -0.3 is 9.88 Å². The number of nitrogens with one attached hydrogen (secondary N) is 1. The molecule has 8 heteroatoms. The van der Waals surface area contributed by atoms with Crippen molar-refractivity contribution < 1.29 is 18.4 Å². The Kier molecular flexibility index (Phi) is 5.51. The van der Waals surface area contributed by atoms with E-state index in [1.165, 1.54) is 18.5 Å². The standard InChI is InChI=1S/C20H16F2N4O2/c21-20(22)9-16(10-23)26(13-20)19(28)4-3-18(27)17-6-8-25-12-15(17)2-1-14-5-7-24-11-14/h5-8,11-12,16,24H,3-4,9,13H2/t16-/m0/s1. The maximum Gasteiger partial charge on any atom is 0.268 e. The lowest BCUT2D eigenvalue weighted by atomic mass is 10.0. The van der Waals surface area contributed by atoms with Gasteiger partial charge in [-0.2, -0.15) is 5.26 Å². The number of alkyl halides is 2. The number of pyridine rings is 1. The Hall–Kier alpha value is -3.52. The largest absolute Gasteiger partial charge is 0.367 e. The molecule has 3 rings (SSSR count). The van der Waals surface area contributed by atoms with Gasteiger partial charge in [-0.05, 0) is 12.1 Å². The van der Waals surface area contributed by atoms with Crippen LogP contribution in [0.25, 0.3) is 0 Å². The van der Waals surface area contributed by atoms with Gasteiger partial charge in [-0.15, -0.1) is 0 Å². The average molecular weight is 382 g/mol. The van der Waals surface area contributed by atoms with Gasteiger partial charge in [0.05, 0.1) is 18.2 Å². The van der Waals surface area contributed by atoms with Gasteiger partial charge in [0.2, 0.25) is 5.91 Å². The van der Waals surface area contributed by atoms with E-state index in [1.54, 1.807) is 24.5 Å². The van der Waals surface area contributed by atoms with Crippen molar-refractivity contribution in [1.29, 1.82) is 5.26 Å². The van der Waals surface area contributed by atoms with Crippen LogP contribution in [0.15, 0.2) is 36.9 Å². The number of amides is 1. The zero-order chi connectivity index (χ0) is 20.1.